The Kier molecular flexibility index (Phi) is 12.1. The number of benzene rings is 1. The van der Waals surface area contributed by atoms with Crippen LogP contribution in [0, 0.1) is 5.92 Å². The lowest BCUT2D eigenvalue weighted by Gasteiger charge is -2.37. The zero-order valence-electron chi connectivity index (χ0n) is 31.6. The average molecular weight is 784 g/mol. The van der Waals surface area contributed by atoms with Crippen LogP contribution < -0.4 is 16.4 Å². The molecule has 55 heavy (non-hydrogen) atoms. The number of primary amides is 1. The first-order chi connectivity index (χ1) is 26.1. The molecule has 2 aromatic rings. The van der Waals surface area contributed by atoms with Crippen LogP contribution in [0.25, 0.3) is 0 Å². The first-order valence-corrected chi connectivity index (χ1v) is 21.0. The van der Waals surface area contributed by atoms with Gasteiger partial charge in [-0.2, -0.15) is 0 Å². The van der Waals surface area contributed by atoms with Crippen molar-refractivity contribution in [2.45, 2.75) is 137 Å². The second-order valence-electron chi connectivity index (χ2n) is 16.1. The Hall–Kier alpha value is -4.22. The Labute approximate surface area is 321 Å². The Morgan fingerprint density at radius 2 is 1.64 bits per heavy atom. The quantitative estimate of drug-likeness (QED) is 0.214. The highest BCUT2D eigenvalue weighted by molar-refractivity contribution is 7.92. The highest BCUT2D eigenvalue weighted by atomic mass is 32.2. The van der Waals surface area contributed by atoms with E-state index in [2.05, 4.69) is 20.9 Å². The van der Waals surface area contributed by atoms with Gasteiger partial charge in [-0.3, -0.25) is 24.0 Å². The third-order valence-electron chi connectivity index (χ3n) is 11.9. The number of hydrogen-bond donors (Lipinski definition) is 4. The number of carbonyl (C=O) groups excluding carboxylic acids is 5. The molecule has 4 fully saturated rings. The molecule has 2 saturated carbocycles. The molecular formula is C38H53N7O9S. The van der Waals surface area contributed by atoms with Crippen LogP contribution in [0.3, 0.4) is 0 Å². The summed E-state index contributed by atoms with van der Waals surface area (Å²) < 4.78 is 33.3. The summed E-state index contributed by atoms with van der Waals surface area (Å²) in [7, 11) is -3.54. The van der Waals surface area contributed by atoms with Crippen LogP contribution in [-0.4, -0.2) is 105 Å². The fraction of sp³-hybridized carbons (Fsp3) is 0.658. The van der Waals surface area contributed by atoms with E-state index in [1.54, 1.807) is 13.8 Å². The van der Waals surface area contributed by atoms with E-state index >= 15 is 0 Å². The van der Waals surface area contributed by atoms with Crippen molar-refractivity contribution in [2.75, 3.05) is 19.8 Å². The van der Waals surface area contributed by atoms with Crippen molar-refractivity contribution < 1.29 is 42.2 Å². The number of hydrogen-bond acceptors (Lipinski definition) is 11. The lowest BCUT2D eigenvalue weighted by molar-refractivity contribution is -0.147. The maximum Gasteiger partial charge on any atom is 0.287 e. The van der Waals surface area contributed by atoms with Crippen molar-refractivity contribution in [3.63, 3.8) is 0 Å². The van der Waals surface area contributed by atoms with E-state index in [1.807, 2.05) is 0 Å². The molecular weight excluding hydrogens is 731 g/mol. The van der Waals surface area contributed by atoms with Crippen molar-refractivity contribution in [3.8, 4) is 0 Å². The number of amides is 4. The molecule has 0 bridgehead atoms. The highest BCUT2D eigenvalue weighted by Crippen LogP contribution is 2.35. The molecule has 4 aliphatic rings. The number of sulfone groups is 1. The molecule has 0 spiro atoms. The number of aromatic nitrogens is 3. The number of nitrogens with two attached hydrogens (primary N) is 1. The molecule has 2 aliphatic heterocycles. The van der Waals surface area contributed by atoms with Crippen LogP contribution >= 0.6 is 0 Å². The summed E-state index contributed by atoms with van der Waals surface area (Å²) in [6.45, 7) is 3.31. The molecule has 2 saturated heterocycles. The maximum absolute atomic E-state index is 14.8. The van der Waals surface area contributed by atoms with Crippen LogP contribution in [0.1, 0.15) is 119 Å². The molecule has 3 heterocycles. The number of ketones is 1. The molecule has 0 radical (unpaired) electrons. The van der Waals surface area contributed by atoms with Gasteiger partial charge in [-0.25, -0.2) is 13.1 Å². The van der Waals surface area contributed by atoms with Crippen LogP contribution in [0.15, 0.2) is 35.4 Å². The SMILES string of the molecule is CC(C)(O)c1cnnn1C1CC(C(=O)NC2(C(=O)C(N)=O)CCOCC2)N(C(=O)[C@@H](CC2CCCCC2)NC(=O)c2ccc(S(=O)(=O)C3CCCC3)cc2)C1. The summed E-state index contributed by atoms with van der Waals surface area (Å²) in [4.78, 5) is 69.9. The Balaban J connectivity index is 1.30. The third-order valence-corrected chi connectivity index (χ3v) is 14.1. The minimum atomic E-state index is -3.54. The van der Waals surface area contributed by atoms with E-state index in [0.29, 0.717) is 25.0 Å². The zero-order chi connectivity index (χ0) is 39.5. The molecule has 300 valence electrons. The number of Topliss-reactive ketones (excluding diaryl/α,β-unsaturated/α-hetero) is 1. The van der Waals surface area contributed by atoms with Gasteiger partial charge in [0.1, 0.15) is 23.2 Å². The highest BCUT2D eigenvalue weighted by Gasteiger charge is 2.49. The smallest absolute Gasteiger partial charge is 0.287 e. The van der Waals surface area contributed by atoms with E-state index in [-0.39, 0.29) is 55.4 Å². The summed E-state index contributed by atoms with van der Waals surface area (Å²) >= 11 is 0. The van der Waals surface area contributed by atoms with Gasteiger partial charge >= 0.3 is 0 Å². The molecule has 3 atom stereocenters. The predicted molar refractivity (Wildman–Crippen MR) is 198 cm³/mol. The summed E-state index contributed by atoms with van der Waals surface area (Å²) in [5.41, 5.74) is 2.99. The van der Waals surface area contributed by atoms with Crippen molar-refractivity contribution in [3.05, 3.63) is 41.7 Å². The second-order valence-corrected chi connectivity index (χ2v) is 18.4. The van der Waals surface area contributed by atoms with Crippen LogP contribution in [0.5, 0.6) is 0 Å². The number of ether oxygens (including phenoxy) is 1. The minimum Gasteiger partial charge on any atom is -0.384 e. The van der Waals surface area contributed by atoms with Gasteiger partial charge in [-0.15, -0.1) is 5.10 Å². The van der Waals surface area contributed by atoms with Crippen LogP contribution in [0.2, 0.25) is 0 Å². The topological polar surface area (TPSA) is 233 Å². The van der Waals surface area contributed by atoms with Gasteiger partial charge in [0.2, 0.25) is 17.6 Å². The molecule has 4 amide bonds. The largest absolute Gasteiger partial charge is 0.384 e. The van der Waals surface area contributed by atoms with E-state index < -0.39 is 73.8 Å². The van der Waals surface area contributed by atoms with Gasteiger partial charge in [0.15, 0.2) is 9.84 Å². The number of rotatable bonds is 13. The van der Waals surface area contributed by atoms with E-state index in [1.165, 1.54) is 40.0 Å². The number of carbonyl (C=O) groups is 5. The zero-order valence-corrected chi connectivity index (χ0v) is 32.4. The molecule has 1 aromatic heterocycles. The first kappa shape index (κ1) is 40.4. The lowest BCUT2D eigenvalue weighted by Crippen LogP contribution is -2.64. The molecule has 1 aromatic carbocycles. The van der Waals surface area contributed by atoms with Crippen molar-refractivity contribution in [1.29, 1.82) is 0 Å². The Bertz CT molecular complexity index is 1860. The van der Waals surface area contributed by atoms with Gasteiger partial charge in [0.25, 0.3) is 11.8 Å². The number of nitrogens with one attached hydrogen (secondary N) is 2. The first-order valence-electron chi connectivity index (χ1n) is 19.4. The number of nitrogens with zero attached hydrogens (tertiary/aromatic N) is 4. The van der Waals surface area contributed by atoms with Gasteiger partial charge in [-0.1, -0.05) is 50.2 Å². The van der Waals surface area contributed by atoms with Crippen molar-refractivity contribution >= 4 is 39.2 Å². The molecule has 5 N–H and O–H groups in total. The fourth-order valence-corrected chi connectivity index (χ4v) is 10.6. The molecule has 2 aliphatic carbocycles. The predicted octanol–water partition coefficient (Wildman–Crippen LogP) is 1.85. The summed E-state index contributed by atoms with van der Waals surface area (Å²) in [6.07, 6.45) is 9.51. The molecule has 17 heteroatoms. The number of likely N-dealkylation sites (tertiary alicyclic amines) is 1. The van der Waals surface area contributed by atoms with Crippen molar-refractivity contribution in [2.24, 2.45) is 11.7 Å². The molecule has 16 nitrogen and oxygen atoms in total. The summed E-state index contributed by atoms with van der Waals surface area (Å²) in [5, 5.41) is 24.3. The lowest BCUT2D eigenvalue weighted by atomic mass is 9.84. The van der Waals surface area contributed by atoms with E-state index in [4.69, 9.17) is 10.5 Å². The standard InChI is InChI=1S/C38H53N7O9S/c1-37(2,51)31-22-40-43-45(31)26-21-30(35(49)42-38(32(46)33(39)47)16-18-54-19-17-38)44(23-26)36(50)29(20-24-8-4-3-5-9-24)41-34(48)25-12-14-28(15-13-25)55(52,53)27-10-6-7-11-27/h12-15,22,24,26-27,29-30,51H,3-11,16-21,23H2,1-2H3,(H2,39,47)(H,41,48)(H,42,49)/t26?,29-,30?/m1/s1. The van der Waals surface area contributed by atoms with Crippen molar-refractivity contribution in [1.82, 2.24) is 30.5 Å². The summed E-state index contributed by atoms with van der Waals surface area (Å²) in [6, 6.07) is 2.93. The monoisotopic (exact) mass is 783 g/mol. The van der Waals surface area contributed by atoms with E-state index in [0.717, 1.165) is 44.9 Å². The third kappa shape index (κ3) is 8.78. The van der Waals surface area contributed by atoms with E-state index in [9.17, 15) is 37.5 Å². The van der Waals surface area contributed by atoms with Gasteiger partial charge in [-0.05, 0) is 63.3 Å². The second kappa shape index (κ2) is 16.5. The maximum atomic E-state index is 14.8. The fourth-order valence-electron chi connectivity index (χ4n) is 8.72. The van der Waals surface area contributed by atoms with Crippen LogP contribution in [0.4, 0.5) is 0 Å². The summed E-state index contributed by atoms with van der Waals surface area (Å²) in [5.74, 6) is -3.79. The van der Waals surface area contributed by atoms with Gasteiger partial charge in [0, 0.05) is 44.6 Å². The number of aliphatic hydroxyl groups is 1. The normalized spacial score (nSPS) is 22.9. The van der Waals surface area contributed by atoms with Crippen LogP contribution in [-0.2, 0) is 39.4 Å². The van der Waals surface area contributed by atoms with Gasteiger partial charge < -0.3 is 31.1 Å². The Morgan fingerprint density at radius 3 is 2.25 bits per heavy atom. The molecule has 2 unspecified atom stereocenters. The van der Waals surface area contributed by atoms with Gasteiger partial charge in [0.05, 0.1) is 28.1 Å². The molecule has 6 rings (SSSR count). The minimum absolute atomic E-state index is 0.0116. The average Bonchev–Trinajstić information content (AvgIpc) is 3.97. The Morgan fingerprint density at radius 1 is 1.00 bits per heavy atom.